The maximum atomic E-state index is 13.1. The van der Waals surface area contributed by atoms with Gasteiger partial charge in [-0.05, 0) is 43.2 Å². The van der Waals surface area contributed by atoms with Crippen LogP contribution in [0, 0.1) is 28.6 Å². The Kier molecular flexibility index (Phi) is 5.89. The van der Waals surface area contributed by atoms with Gasteiger partial charge in [-0.1, -0.05) is 51.1 Å². The van der Waals surface area contributed by atoms with Crippen molar-refractivity contribution in [2.45, 2.75) is 82.8 Å². The molecule has 1 aromatic carbocycles. The van der Waals surface area contributed by atoms with Crippen molar-refractivity contribution in [2.24, 2.45) is 28.6 Å². The van der Waals surface area contributed by atoms with Crippen molar-refractivity contribution < 1.29 is 34.0 Å². The first kappa shape index (κ1) is 24.6. The Morgan fingerprint density at radius 1 is 1.22 bits per heavy atom. The Morgan fingerprint density at radius 2 is 1.97 bits per heavy atom. The third-order valence-electron chi connectivity index (χ3n) is 10.5. The largest absolute Gasteiger partial charge is 0.456 e. The van der Waals surface area contributed by atoms with E-state index in [2.05, 4.69) is 20.8 Å². The van der Waals surface area contributed by atoms with Gasteiger partial charge < -0.3 is 29.2 Å². The number of benzene rings is 1. The summed E-state index contributed by atoms with van der Waals surface area (Å²) < 4.78 is 25.5. The number of ether oxygens (including phenoxy) is 4. The van der Waals surface area contributed by atoms with Gasteiger partial charge in [0.1, 0.15) is 11.7 Å². The van der Waals surface area contributed by atoms with Gasteiger partial charge in [-0.15, -0.1) is 0 Å². The fourth-order valence-electron chi connectivity index (χ4n) is 8.35. The number of carbonyl (C=O) groups excluding carboxylic acids is 1. The van der Waals surface area contributed by atoms with Gasteiger partial charge >= 0.3 is 5.97 Å². The summed E-state index contributed by atoms with van der Waals surface area (Å²) in [6.45, 7) is 7.12. The molecule has 2 N–H and O–H groups in total. The number of epoxide rings is 1. The molecule has 5 fully saturated rings. The van der Waals surface area contributed by atoms with Crippen LogP contribution in [0.1, 0.15) is 52.0 Å². The van der Waals surface area contributed by atoms with Gasteiger partial charge in [0.15, 0.2) is 6.29 Å². The zero-order valence-corrected chi connectivity index (χ0v) is 21.3. The van der Waals surface area contributed by atoms with Crippen molar-refractivity contribution in [2.75, 3.05) is 13.2 Å². The highest BCUT2D eigenvalue weighted by Crippen LogP contribution is 2.71. The molecule has 1 aromatic rings. The second kappa shape index (κ2) is 8.63. The lowest BCUT2D eigenvalue weighted by Crippen LogP contribution is -2.73. The second-order valence-corrected chi connectivity index (χ2v) is 12.0. The van der Waals surface area contributed by atoms with Crippen molar-refractivity contribution in [1.82, 2.24) is 0 Å². The van der Waals surface area contributed by atoms with E-state index in [9.17, 15) is 15.0 Å². The number of esters is 1. The van der Waals surface area contributed by atoms with Gasteiger partial charge in [-0.25, -0.2) is 4.79 Å². The van der Waals surface area contributed by atoms with Crippen LogP contribution in [0.25, 0.3) is 6.08 Å². The molecule has 0 radical (unpaired) electrons. The summed E-state index contributed by atoms with van der Waals surface area (Å²) >= 11 is 0. The SMILES string of the molecule is CC1C(O)C(OC(=O)C=Cc2ccccc2)C2(C)C3C(CCC24CO4)OC2OC(CC2CCO)C13C. The lowest BCUT2D eigenvalue weighted by Gasteiger charge is -2.65. The zero-order chi connectivity index (χ0) is 25.3. The molecule has 2 saturated carbocycles. The first-order chi connectivity index (χ1) is 17.2. The number of rotatable bonds is 5. The van der Waals surface area contributed by atoms with Gasteiger partial charge in [0.25, 0.3) is 0 Å². The van der Waals surface area contributed by atoms with E-state index >= 15 is 0 Å². The quantitative estimate of drug-likeness (QED) is 0.365. The van der Waals surface area contributed by atoms with E-state index in [1.54, 1.807) is 6.08 Å². The molecule has 2 aliphatic carbocycles. The van der Waals surface area contributed by atoms with Crippen LogP contribution in [0.5, 0.6) is 0 Å². The van der Waals surface area contributed by atoms with Gasteiger partial charge in [0, 0.05) is 35.3 Å². The molecule has 3 heterocycles. The number of aliphatic hydroxyl groups excluding tert-OH is 2. The summed E-state index contributed by atoms with van der Waals surface area (Å²) in [4.78, 5) is 13.1. The first-order valence-electron chi connectivity index (χ1n) is 13.4. The molecule has 0 aromatic heterocycles. The van der Waals surface area contributed by atoms with Crippen molar-refractivity contribution in [3.63, 3.8) is 0 Å². The molecule has 7 nitrogen and oxygen atoms in total. The second-order valence-electron chi connectivity index (χ2n) is 12.0. The average molecular weight is 499 g/mol. The maximum Gasteiger partial charge on any atom is 0.331 e. The Bertz CT molecular complexity index is 1020. The summed E-state index contributed by atoms with van der Waals surface area (Å²) in [5.74, 6) is -0.531. The predicted molar refractivity (Wildman–Crippen MR) is 131 cm³/mol. The van der Waals surface area contributed by atoms with Crippen LogP contribution in [0.2, 0.25) is 0 Å². The Labute approximate surface area is 212 Å². The van der Waals surface area contributed by atoms with Crippen molar-refractivity contribution in [1.29, 1.82) is 0 Å². The normalized spacial score (nSPS) is 49.0. The minimum Gasteiger partial charge on any atom is -0.456 e. The van der Waals surface area contributed by atoms with Gasteiger partial charge in [-0.3, -0.25) is 0 Å². The maximum absolute atomic E-state index is 13.1. The molecule has 5 aliphatic rings. The minimum atomic E-state index is -0.873. The third kappa shape index (κ3) is 3.39. The molecule has 6 rings (SSSR count). The van der Waals surface area contributed by atoms with Crippen molar-refractivity contribution in [3.05, 3.63) is 42.0 Å². The molecule has 3 saturated heterocycles. The van der Waals surface area contributed by atoms with Crippen LogP contribution >= 0.6 is 0 Å². The van der Waals surface area contributed by atoms with E-state index < -0.39 is 34.6 Å². The van der Waals surface area contributed by atoms with Gasteiger partial charge in [0.05, 0.1) is 24.9 Å². The molecule has 7 heteroatoms. The molecule has 3 aliphatic heterocycles. The van der Waals surface area contributed by atoms with Gasteiger partial charge in [0.2, 0.25) is 0 Å². The van der Waals surface area contributed by atoms with Crippen LogP contribution in [-0.2, 0) is 23.7 Å². The fraction of sp³-hybridized carbons (Fsp3) is 0.690. The molecular formula is C29H38O7. The smallest absolute Gasteiger partial charge is 0.331 e. The predicted octanol–water partition coefficient (Wildman–Crippen LogP) is 3.33. The zero-order valence-electron chi connectivity index (χ0n) is 21.3. The van der Waals surface area contributed by atoms with Crippen LogP contribution in [-0.4, -0.2) is 65.7 Å². The summed E-state index contributed by atoms with van der Waals surface area (Å²) in [7, 11) is 0. The topological polar surface area (TPSA) is 97.8 Å². The Morgan fingerprint density at radius 3 is 2.67 bits per heavy atom. The first-order valence-corrected chi connectivity index (χ1v) is 13.4. The number of aliphatic hydroxyl groups is 2. The lowest BCUT2D eigenvalue weighted by molar-refractivity contribution is -0.273. The summed E-state index contributed by atoms with van der Waals surface area (Å²) in [5, 5.41) is 21.4. The monoisotopic (exact) mass is 498 g/mol. The van der Waals surface area contributed by atoms with Crippen LogP contribution in [0.3, 0.4) is 0 Å². The van der Waals surface area contributed by atoms with E-state index in [-0.39, 0.29) is 42.9 Å². The summed E-state index contributed by atoms with van der Waals surface area (Å²) in [5.41, 5.74) is -0.567. The van der Waals surface area contributed by atoms with Crippen molar-refractivity contribution in [3.8, 4) is 0 Å². The average Bonchev–Trinajstić information content (AvgIpc) is 3.58. The van der Waals surface area contributed by atoms with Crippen LogP contribution in [0.4, 0.5) is 0 Å². The highest BCUT2D eigenvalue weighted by Gasteiger charge is 2.79. The number of hydrogen-bond acceptors (Lipinski definition) is 7. The van der Waals surface area contributed by atoms with E-state index in [1.807, 2.05) is 30.3 Å². The van der Waals surface area contributed by atoms with Crippen LogP contribution < -0.4 is 0 Å². The highest BCUT2D eigenvalue weighted by atomic mass is 16.7. The molecule has 36 heavy (non-hydrogen) atoms. The fourth-order valence-corrected chi connectivity index (χ4v) is 8.35. The van der Waals surface area contributed by atoms with E-state index in [0.29, 0.717) is 13.0 Å². The van der Waals surface area contributed by atoms with Crippen LogP contribution in [0.15, 0.2) is 36.4 Å². The van der Waals surface area contributed by atoms with Gasteiger partial charge in [-0.2, -0.15) is 0 Å². The number of carbonyl (C=O) groups is 1. The molecule has 1 spiro atoms. The molecule has 11 unspecified atom stereocenters. The third-order valence-corrected chi connectivity index (χ3v) is 10.5. The molecular weight excluding hydrogens is 460 g/mol. The standard InChI is InChI=1S/C29H38O7/c1-17-23(32)25(36-22(31)10-9-18-7-5-4-6-8-18)28(3)24-20(11-13-29(28)16-33-29)34-26-19(12-14-30)15-21(35-26)27(17,24)2/h4-10,17,19-21,23-26,30,32H,11-16H2,1-3H3. The molecule has 11 atom stereocenters. The van der Waals surface area contributed by atoms with E-state index in [1.165, 1.54) is 6.08 Å². The Balaban J connectivity index is 1.36. The number of fused-ring (bicyclic) bond motifs is 4. The summed E-state index contributed by atoms with van der Waals surface area (Å²) in [6.07, 6.45) is 4.08. The lowest BCUT2D eigenvalue weighted by atomic mass is 9.41. The summed E-state index contributed by atoms with van der Waals surface area (Å²) in [6, 6.07) is 9.62. The van der Waals surface area contributed by atoms with E-state index in [0.717, 1.165) is 24.8 Å². The number of hydrogen-bond donors (Lipinski definition) is 2. The molecule has 196 valence electrons. The Hall–Kier alpha value is -1.77. The molecule has 2 bridgehead atoms. The molecule has 0 amide bonds. The minimum absolute atomic E-state index is 0.0133. The van der Waals surface area contributed by atoms with E-state index in [4.69, 9.17) is 18.9 Å². The van der Waals surface area contributed by atoms with Crippen molar-refractivity contribution >= 4 is 12.0 Å². The highest BCUT2D eigenvalue weighted by molar-refractivity contribution is 5.87.